The standard InChI is InChI=1S/C14H19NO2/c1-5-6-9(2)14(17)15-12-7-11(4)13(16)8-10(12)3/h6-8,16H,5H2,1-4H3,(H,15,17)/b9-6-. The molecule has 0 saturated carbocycles. The van der Waals surface area contributed by atoms with Crippen LogP contribution in [0.15, 0.2) is 23.8 Å². The fraction of sp³-hybridized carbons (Fsp3) is 0.357. The lowest BCUT2D eigenvalue weighted by Crippen LogP contribution is -2.13. The fourth-order valence-electron chi connectivity index (χ4n) is 1.56. The molecule has 0 atom stereocenters. The van der Waals surface area contributed by atoms with E-state index in [1.807, 2.05) is 19.9 Å². The Kier molecular flexibility index (Phi) is 4.32. The first-order chi connectivity index (χ1) is 7.95. The Morgan fingerprint density at radius 3 is 2.59 bits per heavy atom. The quantitative estimate of drug-likeness (QED) is 0.621. The van der Waals surface area contributed by atoms with Crippen molar-refractivity contribution >= 4 is 11.6 Å². The van der Waals surface area contributed by atoms with E-state index in [-0.39, 0.29) is 11.7 Å². The number of anilines is 1. The first-order valence-corrected chi connectivity index (χ1v) is 5.74. The Balaban J connectivity index is 2.93. The van der Waals surface area contributed by atoms with E-state index in [1.54, 1.807) is 26.0 Å². The summed E-state index contributed by atoms with van der Waals surface area (Å²) in [7, 11) is 0. The maximum Gasteiger partial charge on any atom is 0.250 e. The van der Waals surface area contributed by atoms with Crippen LogP contribution in [0.5, 0.6) is 5.75 Å². The van der Waals surface area contributed by atoms with E-state index in [0.717, 1.165) is 23.2 Å². The van der Waals surface area contributed by atoms with Crippen LogP contribution in [0.4, 0.5) is 5.69 Å². The van der Waals surface area contributed by atoms with Crippen molar-refractivity contribution in [2.75, 3.05) is 5.32 Å². The molecule has 3 nitrogen and oxygen atoms in total. The third-order valence-corrected chi connectivity index (χ3v) is 2.66. The van der Waals surface area contributed by atoms with Crippen LogP contribution in [0.25, 0.3) is 0 Å². The van der Waals surface area contributed by atoms with Crippen molar-refractivity contribution in [3.63, 3.8) is 0 Å². The molecule has 0 fully saturated rings. The van der Waals surface area contributed by atoms with Crippen LogP contribution in [0.2, 0.25) is 0 Å². The predicted molar refractivity (Wildman–Crippen MR) is 70.3 cm³/mol. The minimum absolute atomic E-state index is 0.0972. The fourth-order valence-corrected chi connectivity index (χ4v) is 1.56. The van der Waals surface area contributed by atoms with Crippen molar-refractivity contribution in [2.45, 2.75) is 34.1 Å². The van der Waals surface area contributed by atoms with Gasteiger partial charge >= 0.3 is 0 Å². The van der Waals surface area contributed by atoms with E-state index in [2.05, 4.69) is 5.32 Å². The van der Waals surface area contributed by atoms with Gasteiger partial charge in [-0.2, -0.15) is 0 Å². The first kappa shape index (κ1) is 13.3. The number of benzene rings is 1. The van der Waals surface area contributed by atoms with Crippen molar-refractivity contribution in [1.82, 2.24) is 0 Å². The van der Waals surface area contributed by atoms with Gasteiger partial charge in [-0.05, 0) is 50.5 Å². The Hall–Kier alpha value is -1.77. The molecular weight excluding hydrogens is 214 g/mol. The molecule has 1 aromatic carbocycles. The minimum atomic E-state index is -0.0972. The molecule has 0 aliphatic heterocycles. The number of aryl methyl sites for hydroxylation is 2. The predicted octanol–water partition coefficient (Wildman–Crippen LogP) is 3.30. The van der Waals surface area contributed by atoms with Crippen molar-refractivity contribution < 1.29 is 9.90 Å². The smallest absolute Gasteiger partial charge is 0.250 e. The summed E-state index contributed by atoms with van der Waals surface area (Å²) in [5.41, 5.74) is 3.06. The summed E-state index contributed by atoms with van der Waals surface area (Å²) in [6.07, 6.45) is 2.73. The van der Waals surface area contributed by atoms with Crippen molar-refractivity contribution in [1.29, 1.82) is 0 Å². The van der Waals surface area contributed by atoms with Crippen LogP contribution in [0.3, 0.4) is 0 Å². The Labute approximate surface area is 102 Å². The molecule has 1 aromatic rings. The maximum absolute atomic E-state index is 11.8. The van der Waals surface area contributed by atoms with Gasteiger partial charge in [0.15, 0.2) is 0 Å². The van der Waals surface area contributed by atoms with Crippen LogP contribution in [-0.4, -0.2) is 11.0 Å². The number of carbonyl (C=O) groups is 1. The molecule has 0 spiro atoms. The van der Waals surface area contributed by atoms with E-state index in [0.29, 0.717) is 5.57 Å². The second kappa shape index (κ2) is 5.53. The summed E-state index contributed by atoms with van der Waals surface area (Å²) in [5, 5.41) is 12.4. The molecule has 2 N–H and O–H groups in total. The largest absolute Gasteiger partial charge is 0.508 e. The molecular formula is C14H19NO2. The highest BCUT2D eigenvalue weighted by Crippen LogP contribution is 2.25. The second-order valence-electron chi connectivity index (χ2n) is 4.20. The summed E-state index contributed by atoms with van der Waals surface area (Å²) in [6, 6.07) is 3.44. The lowest BCUT2D eigenvalue weighted by atomic mass is 10.1. The van der Waals surface area contributed by atoms with Crippen LogP contribution in [-0.2, 0) is 4.79 Å². The van der Waals surface area contributed by atoms with Crippen LogP contribution >= 0.6 is 0 Å². The summed E-state index contributed by atoms with van der Waals surface area (Å²) in [5.74, 6) is 0.154. The third kappa shape index (κ3) is 3.34. The van der Waals surface area contributed by atoms with Crippen LogP contribution in [0, 0.1) is 13.8 Å². The number of hydrogen-bond donors (Lipinski definition) is 2. The van der Waals surface area contributed by atoms with Gasteiger partial charge in [-0.15, -0.1) is 0 Å². The monoisotopic (exact) mass is 233 g/mol. The van der Waals surface area contributed by atoms with Crippen molar-refractivity contribution in [3.05, 3.63) is 34.9 Å². The van der Waals surface area contributed by atoms with Gasteiger partial charge < -0.3 is 10.4 Å². The van der Waals surface area contributed by atoms with Gasteiger partial charge in [-0.25, -0.2) is 0 Å². The van der Waals surface area contributed by atoms with Gasteiger partial charge in [-0.1, -0.05) is 13.0 Å². The average molecular weight is 233 g/mol. The minimum Gasteiger partial charge on any atom is -0.508 e. The zero-order chi connectivity index (χ0) is 13.0. The zero-order valence-corrected chi connectivity index (χ0v) is 10.8. The number of hydrogen-bond acceptors (Lipinski definition) is 2. The normalized spacial score (nSPS) is 11.4. The van der Waals surface area contributed by atoms with Crippen molar-refractivity contribution in [2.24, 2.45) is 0 Å². The van der Waals surface area contributed by atoms with Crippen molar-refractivity contribution in [3.8, 4) is 5.75 Å². The lowest BCUT2D eigenvalue weighted by Gasteiger charge is -2.10. The highest BCUT2D eigenvalue weighted by Gasteiger charge is 2.08. The van der Waals surface area contributed by atoms with E-state index in [9.17, 15) is 9.90 Å². The summed E-state index contributed by atoms with van der Waals surface area (Å²) in [6.45, 7) is 7.45. The molecule has 17 heavy (non-hydrogen) atoms. The Morgan fingerprint density at radius 2 is 2.00 bits per heavy atom. The molecule has 0 aliphatic rings. The Morgan fingerprint density at radius 1 is 1.35 bits per heavy atom. The molecule has 1 amide bonds. The zero-order valence-electron chi connectivity index (χ0n) is 10.8. The third-order valence-electron chi connectivity index (χ3n) is 2.66. The van der Waals surface area contributed by atoms with Crippen LogP contribution in [0.1, 0.15) is 31.4 Å². The Bertz CT molecular complexity index is 462. The lowest BCUT2D eigenvalue weighted by molar-refractivity contribution is -0.112. The highest BCUT2D eigenvalue weighted by atomic mass is 16.3. The number of nitrogens with one attached hydrogen (secondary N) is 1. The van der Waals surface area contributed by atoms with Gasteiger partial charge in [0.2, 0.25) is 0 Å². The number of amides is 1. The van der Waals surface area contributed by atoms with E-state index < -0.39 is 0 Å². The molecule has 0 radical (unpaired) electrons. The van der Waals surface area contributed by atoms with Gasteiger partial charge in [0.1, 0.15) is 5.75 Å². The molecule has 0 heterocycles. The number of carbonyl (C=O) groups excluding carboxylic acids is 1. The molecule has 0 aromatic heterocycles. The molecule has 0 unspecified atom stereocenters. The topological polar surface area (TPSA) is 49.3 Å². The van der Waals surface area contributed by atoms with E-state index >= 15 is 0 Å². The van der Waals surface area contributed by atoms with Crippen LogP contribution < -0.4 is 5.32 Å². The average Bonchev–Trinajstić information content (AvgIpc) is 2.26. The molecule has 1 rings (SSSR count). The molecule has 3 heteroatoms. The molecule has 0 aliphatic carbocycles. The second-order valence-corrected chi connectivity index (χ2v) is 4.20. The maximum atomic E-state index is 11.8. The summed E-state index contributed by atoms with van der Waals surface area (Å²) < 4.78 is 0. The summed E-state index contributed by atoms with van der Waals surface area (Å²) >= 11 is 0. The van der Waals surface area contributed by atoms with E-state index in [4.69, 9.17) is 0 Å². The number of phenolic OH excluding ortho intramolecular Hbond substituents is 1. The van der Waals surface area contributed by atoms with Gasteiger partial charge in [0.05, 0.1) is 0 Å². The van der Waals surface area contributed by atoms with Gasteiger partial charge in [-0.3, -0.25) is 4.79 Å². The number of allylic oxidation sites excluding steroid dienone is 1. The molecule has 0 bridgehead atoms. The highest BCUT2D eigenvalue weighted by molar-refractivity contribution is 6.03. The SMILES string of the molecule is CC/C=C(/C)C(=O)Nc1cc(C)c(O)cc1C. The van der Waals surface area contributed by atoms with Gasteiger partial charge in [0, 0.05) is 11.3 Å². The first-order valence-electron chi connectivity index (χ1n) is 5.74. The summed E-state index contributed by atoms with van der Waals surface area (Å²) in [4.78, 5) is 11.8. The van der Waals surface area contributed by atoms with Gasteiger partial charge in [0.25, 0.3) is 5.91 Å². The number of rotatable bonds is 3. The molecule has 92 valence electrons. The molecule has 0 saturated heterocycles. The van der Waals surface area contributed by atoms with E-state index in [1.165, 1.54) is 0 Å². The number of phenols is 1. The number of aromatic hydroxyl groups is 1.